The summed E-state index contributed by atoms with van der Waals surface area (Å²) in [5, 5.41) is 9.92. The molecule has 5 rings (SSSR count). The summed E-state index contributed by atoms with van der Waals surface area (Å²) in [6, 6.07) is 9.83. The summed E-state index contributed by atoms with van der Waals surface area (Å²) in [7, 11) is 1.49. The van der Waals surface area contributed by atoms with Crippen molar-refractivity contribution in [3.05, 3.63) is 59.4 Å². The number of fused-ring (bicyclic) bond motifs is 1. The number of carbonyl (C=O) groups excluding carboxylic acids is 1. The van der Waals surface area contributed by atoms with E-state index in [9.17, 15) is 4.79 Å². The zero-order chi connectivity index (χ0) is 23.5. The fourth-order valence-corrected chi connectivity index (χ4v) is 4.48. The van der Waals surface area contributed by atoms with Crippen molar-refractivity contribution in [2.75, 3.05) is 31.2 Å². The fraction of sp³-hybridized carbons (Fsp3) is 0.280. The van der Waals surface area contributed by atoms with E-state index in [1.807, 2.05) is 12.1 Å². The van der Waals surface area contributed by atoms with Gasteiger partial charge in [-0.1, -0.05) is 12.1 Å². The molecule has 1 saturated heterocycles. The van der Waals surface area contributed by atoms with Crippen LogP contribution in [0.2, 0.25) is 0 Å². The smallest absolute Gasteiger partial charge is 0.257 e. The minimum absolute atomic E-state index is 0.210. The van der Waals surface area contributed by atoms with Crippen molar-refractivity contribution in [3.8, 4) is 17.3 Å². The Morgan fingerprint density at radius 3 is 2.68 bits per heavy atom. The third-order valence-corrected chi connectivity index (χ3v) is 6.28. The summed E-state index contributed by atoms with van der Waals surface area (Å²) in [5.41, 5.74) is 10.8. The summed E-state index contributed by atoms with van der Waals surface area (Å²) in [6.07, 6.45) is 8.41. The van der Waals surface area contributed by atoms with Crippen LogP contribution in [0.3, 0.4) is 0 Å². The van der Waals surface area contributed by atoms with Gasteiger partial charge in [-0.25, -0.2) is 15.0 Å². The molecule has 1 aromatic carbocycles. The lowest BCUT2D eigenvalue weighted by molar-refractivity contribution is -0.109. The van der Waals surface area contributed by atoms with E-state index in [0.29, 0.717) is 23.1 Å². The SMILES string of the molecule is COc1nc(-c2cc3c(c(Nc4ccc(C5CCNCC5)cc4)n2)C(C=O)NC=C3)cnc1N. The van der Waals surface area contributed by atoms with Gasteiger partial charge in [0.05, 0.1) is 19.0 Å². The molecule has 1 fully saturated rings. The minimum Gasteiger partial charge on any atom is -0.478 e. The number of aldehydes is 1. The summed E-state index contributed by atoms with van der Waals surface area (Å²) >= 11 is 0. The second-order valence-corrected chi connectivity index (χ2v) is 8.39. The molecule has 0 saturated carbocycles. The molecule has 0 bridgehead atoms. The highest BCUT2D eigenvalue weighted by molar-refractivity contribution is 5.79. The Kier molecular flexibility index (Phi) is 6.09. The Hall–Kier alpha value is -3.98. The van der Waals surface area contributed by atoms with Crippen molar-refractivity contribution in [1.82, 2.24) is 25.6 Å². The summed E-state index contributed by atoms with van der Waals surface area (Å²) < 4.78 is 5.23. The van der Waals surface area contributed by atoms with E-state index < -0.39 is 6.04 Å². The molecule has 9 nitrogen and oxygen atoms in total. The van der Waals surface area contributed by atoms with Crippen molar-refractivity contribution in [3.63, 3.8) is 0 Å². The fourth-order valence-electron chi connectivity index (χ4n) is 4.48. The molecule has 2 aliphatic heterocycles. The molecule has 0 amide bonds. The first-order valence-corrected chi connectivity index (χ1v) is 11.3. The maximum absolute atomic E-state index is 11.8. The number of ether oxygens (including phenoxy) is 1. The van der Waals surface area contributed by atoms with Gasteiger partial charge < -0.3 is 31.2 Å². The molecule has 3 aromatic rings. The standard InChI is InChI=1S/C25H27N7O2/c1-34-25-23(26)29-13-20(32-25)19-12-17-8-11-28-21(14-33)22(17)24(31-19)30-18-4-2-15(3-5-18)16-6-9-27-10-7-16/h2-5,8,11-14,16,21,27-28H,6-7,9-10H2,1H3,(H2,26,29)(H,30,31). The average Bonchev–Trinajstić information content (AvgIpc) is 2.89. The van der Waals surface area contributed by atoms with Crippen LogP contribution in [-0.4, -0.2) is 41.4 Å². The van der Waals surface area contributed by atoms with Gasteiger partial charge in [0, 0.05) is 11.3 Å². The van der Waals surface area contributed by atoms with Crippen molar-refractivity contribution < 1.29 is 9.53 Å². The largest absolute Gasteiger partial charge is 0.478 e. The van der Waals surface area contributed by atoms with Crippen LogP contribution in [-0.2, 0) is 4.79 Å². The van der Waals surface area contributed by atoms with Gasteiger partial charge in [-0.05, 0) is 73.5 Å². The third-order valence-electron chi connectivity index (χ3n) is 6.28. The highest BCUT2D eigenvalue weighted by Crippen LogP contribution is 2.34. The van der Waals surface area contributed by atoms with Crippen molar-refractivity contribution in [1.29, 1.82) is 0 Å². The molecular weight excluding hydrogens is 430 g/mol. The van der Waals surface area contributed by atoms with Gasteiger partial charge >= 0.3 is 0 Å². The Morgan fingerprint density at radius 1 is 1.15 bits per heavy atom. The molecule has 34 heavy (non-hydrogen) atoms. The average molecular weight is 458 g/mol. The summed E-state index contributed by atoms with van der Waals surface area (Å²) in [6.45, 7) is 2.11. The number of piperidine rings is 1. The number of aromatic nitrogens is 3. The topological polar surface area (TPSA) is 127 Å². The van der Waals surface area contributed by atoms with Crippen LogP contribution < -0.4 is 26.4 Å². The number of anilines is 3. The second-order valence-electron chi connectivity index (χ2n) is 8.39. The number of pyridine rings is 1. The number of methoxy groups -OCH3 is 1. The first-order valence-electron chi connectivity index (χ1n) is 11.3. The van der Waals surface area contributed by atoms with E-state index in [-0.39, 0.29) is 11.7 Å². The number of carbonyl (C=O) groups is 1. The number of nitrogen functional groups attached to an aromatic ring is 1. The van der Waals surface area contributed by atoms with E-state index in [1.54, 1.807) is 12.4 Å². The Balaban J connectivity index is 1.52. The molecule has 9 heteroatoms. The van der Waals surface area contributed by atoms with E-state index in [2.05, 4.69) is 50.2 Å². The number of hydrogen-bond donors (Lipinski definition) is 4. The lowest BCUT2D eigenvalue weighted by atomic mass is 9.90. The van der Waals surface area contributed by atoms with E-state index in [0.717, 1.165) is 49.0 Å². The van der Waals surface area contributed by atoms with E-state index >= 15 is 0 Å². The van der Waals surface area contributed by atoms with Gasteiger partial charge in [0.2, 0.25) is 0 Å². The van der Waals surface area contributed by atoms with Gasteiger partial charge in [0.15, 0.2) is 5.82 Å². The molecule has 0 aliphatic carbocycles. The lowest BCUT2D eigenvalue weighted by Gasteiger charge is -2.24. The first kappa shape index (κ1) is 21.8. The van der Waals surface area contributed by atoms with Crippen LogP contribution in [0.1, 0.15) is 41.5 Å². The molecule has 174 valence electrons. The van der Waals surface area contributed by atoms with Gasteiger partial charge in [-0.3, -0.25) is 0 Å². The van der Waals surface area contributed by atoms with Gasteiger partial charge in [0.25, 0.3) is 5.88 Å². The van der Waals surface area contributed by atoms with Gasteiger partial charge in [-0.15, -0.1) is 0 Å². The quantitative estimate of drug-likeness (QED) is 0.413. The molecule has 4 heterocycles. The van der Waals surface area contributed by atoms with Gasteiger partial charge in [0.1, 0.15) is 23.8 Å². The predicted molar refractivity (Wildman–Crippen MR) is 132 cm³/mol. The van der Waals surface area contributed by atoms with Crippen LogP contribution >= 0.6 is 0 Å². The number of benzene rings is 1. The molecule has 5 N–H and O–H groups in total. The van der Waals surface area contributed by atoms with E-state index in [4.69, 9.17) is 15.5 Å². The molecule has 1 atom stereocenters. The number of hydrogen-bond acceptors (Lipinski definition) is 9. The second kappa shape index (κ2) is 9.48. The predicted octanol–water partition coefficient (Wildman–Crippen LogP) is 3.15. The van der Waals surface area contributed by atoms with Crippen molar-refractivity contribution >= 4 is 29.7 Å². The zero-order valence-corrected chi connectivity index (χ0v) is 18.9. The Labute approximate surface area is 197 Å². The van der Waals surface area contributed by atoms with Crippen molar-refractivity contribution in [2.45, 2.75) is 24.8 Å². The molecule has 0 spiro atoms. The van der Waals surface area contributed by atoms with E-state index in [1.165, 1.54) is 12.7 Å². The zero-order valence-electron chi connectivity index (χ0n) is 18.9. The number of nitrogens with two attached hydrogens (primary N) is 1. The maximum atomic E-state index is 11.8. The normalized spacial score (nSPS) is 17.5. The van der Waals surface area contributed by atoms with Crippen LogP contribution in [0.4, 0.5) is 17.3 Å². The number of rotatable bonds is 6. The number of nitrogens with one attached hydrogen (secondary N) is 3. The molecule has 1 unspecified atom stereocenters. The molecule has 0 radical (unpaired) electrons. The minimum atomic E-state index is -0.509. The highest BCUT2D eigenvalue weighted by Gasteiger charge is 2.24. The molecule has 2 aliphatic rings. The molecular formula is C25H27N7O2. The van der Waals surface area contributed by atoms with Crippen LogP contribution in [0, 0.1) is 0 Å². The highest BCUT2D eigenvalue weighted by atomic mass is 16.5. The van der Waals surface area contributed by atoms with Crippen LogP contribution in [0.5, 0.6) is 5.88 Å². The van der Waals surface area contributed by atoms with Gasteiger partial charge in [-0.2, -0.15) is 0 Å². The Morgan fingerprint density at radius 2 is 1.94 bits per heavy atom. The maximum Gasteiger partial charge on any atom is 0.257 e. The van der Waals surface area contributed by atoms with Crippen LogP contribution in [0.15, 0.2) is 42.7 Å². The Bertz CT molecular complexity index is 1220. The lowest BCUT2D eigenvalue weighted by Crippen LogP contribution is -2.26. The van der Waals surface area contributed by atoms with Crippen molar-refractivity contribution in [2.24, 2.45) is 0 Å². The summed E-state index contributed by atoms with van der Waals surface area (Å²) in [5.74, 6) is 1.61. The first-order chi connectivity index (χ1) is 16.7. The molecule has 2 aromatic heterocycles. The van der Waals surface area contributed by atoms with Crippen LogP contribution in [0.25, 0.3) is 17.5 Å². The monoisotopic (exact) mass is 457 g/mol. The summed E-state index contributed by atoms with van der Waals surface area (Å²) in [4.78, 5) is 25.3. The number of nitrogens with zero attached hydrogens (tertiary/aromatic N) is 3. The third kappa shape index (κ3) is 4.29.